The second-order valence-electron chi connectivity index (χ2n) is 8.89. The number of rotatable bonds is 8. The average Bonchev–Trinajstić information content (AvgIpc) is 3.45. The number of alkyl halides is 3. The summed E-state index contributed by atoms with van der Waals surface area (Å²) in [6.07, 6.45) is -1.35. The number of anilines is 1. The van der Waals surface area contributed by atoms with E-state index in [1.54, 1.807) is 36.4 Å². The Hall–Kier alpha value is -3.33. The minimum Gasteiger partial charge on any atom is -0.497 e. The van der Waals surface area contributed by atoms with Crippen molar-refractivity contribution in [3.05, 3.63) is 71.5 Å². The number of aromatic nitrogens is 2. The van der Waals surface area contributed by atoms with Gasteiger partial charge in [0.15, 0.2) is 5.69 Å². The summed E-state index contributed by atoms with van der Waals surface area (Å²) < 4.78 is 46.1. The lowest BCUT2D eigenvalue weighted by Gasteiger charge is -2.19. The third-order valence-corrected chi connectivity index (χ3v) is 6.20. The van der Waals surface area contributed by atoms with Crippen molar-refractivity contribution in [1.29, 1.82) is 0 Å². The molecule has 6 nitrogen and oxygen atoms in total. The molecule has 0 atom stereocenters. The van der Waals surface area contributed by atoms with Gasteiger partial charge in [0.2, 0.25) is 0 Å². The smallest absolute Gasteiger partial charge is 0.435 e. The summed E-state index contributed by atoms with van der Waals surface area (Å²) in [7, 11) is 5.59. The van der Waals surface area contributed by atoms with E-state index in [4.69, 9.17) is 4.74 Å². The van der Waals surface area contributed by atoms with Gasteiger partial charge in [0.1, 0.15) is 11.4 Å². The van der Waals surface area contributed by atoms with Crippen LogP contribution in [0.3, 0.4) is 0 Å². The molecule has 4 rings (SSSR count). The summed E-state index contributed by atoms with van der Waals surface area (Å²) in [6.45, 7) is 0.995. The van der Waals surface area contributed by atoms with E-state index in [9.17, 15) is 18.0 Å². The van der Waals surface area contributed by atoms with Gasteiger partial charge in [-0.2, -0.15) is 18.3 Å². The molecule has 0 spiro atoms. The monoisotopic (exact) mass is 472 g/mol. The van der Waals surface area contributed by atoms with Gasteiger partial charge in [-0.3, -0.25) is 4.79 Å². The van der Waals surface area contributed by atoms with Gasteiger partial charge in [0.05, 0.1) is 12.8 Å². The summed E-state index contributed by atoms with van der Waals surface area (Å²) in [4.78, 5) is 15.1. The van der Waals surface area contributed by atoms with Crippen LogP contribution in [0.1, 0.15) is 41.0 Å². The first-order valence-corrected chi connectivity index (χ1v) is 11.0. The first-order valence-electron chi connectivity index (χ1n) is 11.0. The van der Waals surface area contributed by atoms with Gasteiger partial charge >= 0.3 is 6.18 Å². The van der Waals surface area contributed by atoms with Gasteiger partial charge in [-0.05, 0) is 87.3 Å². The molecule has 0 bridgehead atoms. The molecule has 2 aromatic carbocycles. The third-order valence-electron chi connectivity index (χ3n) is 6.20. The third kappa shape index (κ3) is 5.09. The molecule has 1 N–H and O–H groups in total. The lowest BCUT2D eigenvalue weighted by molar-refractivity contribution is -0.141. The Morgan fingerprint density at radius 3 is 2.29 bits per heavy atom. The van der Waals surface area contributed by atoms with Gasteiger partial charge < -0.3 is 15.0 Å². The van der Waals surface area contributed by atoms with Crippen molar-refractivity contribution in [2.75, 3.05) is 33.1 Å². The van der Waals surface area contributed by atoms with Gasteiger partial charge in [0, 0.05) is 11.8 Å². The number of hydrogen-bond acceptors (Lipinski definition) is 4. The second-order valence-corrected chi connectivity index (χ2v) is 8.89. The van der Waals surface area contributed by atoms with Gasteiger partial charge in [-0.15, -0.1) is 0 Å². The maximum atomic E-state index is 13.4. The van der Waals surface area contributed by atoms with Crippen molar-refractivity contribution in [3.8, 4) is 11.4 Å². The van der Waals surface area contributed by atoms with Crippen molar-refractivity contribution < 1.29 is 22.7 Å². The minimum atomic E-state index is -4.68. The molecule has 0 saturated heterocycles. The maximum Gasteiger partial charge on any atom is 0.435 e. The summed E-state index contributed by atoms with van der Waals surface area (Å²) in [5.74, 6) is -0.141. The van der Waals surface area contributed by atoms with Crippen LogP contribution >= 0.6 is 0 Å². The molecule has 1 saturated carbocycles. The lowest BCUT2D eigenvalue weighted by atomic mass is 9.92. The van der Waals surface area contributed by atoms with Crippen LogP contribution in [-0.2, 0) is 11.6 Å². The molecule has 180 valence electrons. The summed E-state index contributed by atoms with van der Waals surface area (Å²) in [6, 6.07) is 14.6. The lowest BCUT2D eigenvalue weighted by Crippen LogP contribution is -2.19. The molecule has 1 amide bonds. The Morgan fingerprint density at radius 2 is 1.76 bits per heavy atom. The van der Waals surface area contributed by atoms with Crippen LogP contribution in [0, 0.1) is 0 Å². The van der Waals surface area contributed by atoms with Gasteiger partial charge in [-0.1, -0.05) is 12.1 Å². The standard InChI is InChI=1S/C25H27F3N4O2/c1-31(2)15-14-24(12-13-24)17-4-6-18(7-5-17)29-23(33)21-16-22(25(26,27)28)30-32(21)19-8-10-20(34-3)11-9-19/h4-11,16H,12-15H2,1-3H3,(H,29,33). The van der Waals surface area contributed by atoms with Crippen molar-refractivity contribution in [2.24, 2.45) is 0 Å². The number of hydrogen-bond donors (Lipinski definition) is 1. The van der Waals surface area contributed by atoms with Crippen molar-refractivity contribution in [1.82, 2.24) is 14.7 Å². The Labute approximate surface area is 196 Å². The Morgan fingerprint density at radius 1 is 1.12 bits per heavy atom. The summed E-state index contributed by atoms with van der Waals surface area (Å²) in [5.41, 5.74) is 0.865. The van der Waals surface area contributed by atoms with Crippen molar-refractivity contribution in [3.63, 3.8) is 0 Å². The maximum absolute atomic E-state index is 13.4. The van der Waals surface area contributed by atoms with Crippen LogP contribution in [0.4, 0.5) is 18.9 Å². The number of ether oxygens (including phenoxy) is 1. The highest BCUT2D eigenvalue weighted by atomic mass is 19.4. The highest BCUT2D eigenvalue weighted by molar-refractivity contribution is 6.03. The first-order chi connectivity index (χ1) is 16.1. The number of methoxy groups -OCH3 is 1. The summed E-state index contributed by atoms with van der Waals surface area (Å²) in [5, 5.41) is 6.35. The Kier molecular flexibility index (Phi) is 6.40. The number of benzene rings is 2. The number of nitrogens with zero attached hydrogens (tertiary/aromatic N) is 3. The van der Waals surface area contributed by atoms with E-state index in [0.717, 1.165) is 36.6 Å². The molecule has 1 heterocycles. The molecule has 1 aliphatic carbocycles. The van der Waals surface area contributed by atoms with Crippen LogP contribution in [0.15, 0.2) is 54.6 Å². The molecule has 9 heteroatoms. The number of carbonyl (C=O) groups is 1. The fraction of sp³-hybridized carbons (Fsp3) is 0.360. The van der Waals surface area contributed by atoms with E-state index >= 15 is 0 Å². The fourth-order valence-corrected chi connectivity index (χ4v) is 3.98. The van der Waals surface area contributed by atoms with Crippen LogP contribution in [-0.4, -0.2) is 48.3 Å². The molecular formula is C25H27F3N4O2. The molecular weight excluding hydrogens is 445 g/mol. The van der Waals surface area contributed by atoms with Crippen LogP contribution in [0.5, 0.6) is 5.75 Å². The number of nitrogens with one attached hydrogen (secondary N) is 1. The van der Waals surface area contributed by atoms with E-state index in [1.165, 1.54) is 12.7 Å². The number of halogens is 3. The molecule has 0 unspecified atom stereocenters. The van der Waals surface area contributed by atoms with E-state index < -0.39 is 17.8 Å². The SMILES string of the molecule is COc1ccc(-n2nc(C(F)(F)F)cc2C(=O)Nc2ccc(C3(CCN(C)C)CC3)cc2)cc1. The molecule has 1 fully saturated rings. The number of amides is 1. The number of carbonyl (C=O) groups excluding carboxylic acids is 1. The minimum absolute atomic E-state index is 0.182. The average molecular weight is 473 g/mol. The second kappa shape index (κ2) is 9.13. The summed E-state index contributed by atoms with van der Waals surface area (Å²) >= 11 is 0. The van der Waals surface area contributed by atoms with Gasteiger partial charge in [0.25, 0.3) is 5.91 Å². The molecule has 3 aromatic rings. The van der Waals surface area contributed by atoms with Crippen LogP contribution < -0.4 is 10.1 Å². The van der Waals surface area contributed by atoms with Crippen molar-refractivity contribution >= 4 is 11.6 Å². The Bertz CT molecular complexity index is 1150. The zero-order valence-electron chi connectivity index (χ0n) is 19.3. The largest absolute Gasteiger partial charge is 0.497 e. The normalized spacial score (nSPS) is 14.8. The van der Waals surface area contributed by atoms with E-state index in [0.29, 0.717) is 17.1 Å². The zero-order chi connectivity index (χ0) is 24.5. The topological polar surface area (TPSA) is 59.4 Å². The Balaban J connectivity index is 1.56. The predicted molar refractivity (Wildman–Crippen MR) is 124 cm³/mol. The van der Waals surface area contributed by atoms with E-state index in [2.05, 4.69) is 29.4 Å². The molecule has 1 aromatic heterocycles. The highest BCUT2D eigenvalue weighted by Crippen LogP contribution is 2.51. The molecule has 0 aliphatic heterocycles. The van der Waals surface area contributed by atoms with Crippen molar-refractivity contribution in [2.45, 2.75) is 30.9 Å². The van der Waals surface area contributed by atoms with Gasteiger partial charge in [-0.25, -0.2) is 4.68 Å². The van der Waals surface area contributed by atoms with E-state index in [-0.39, 0.29) is 11.1 Å². The fourth-order valence-electron chi connectivity index (χ4n) is 3.98. The molecule has 0 radical (unpaired) electrons. The molecule has 1 aliphatic rings. The van der Waals surface area contributed by atoms with Crippen LogP contribution in [0.25, 0.3) is 5.69 Å². The quantitative estimate of drug-likeness (QED) is 0.494. The van der Waals surface area contributed by atoms with Crippen LogP contribution in [0.2, 0.25) is 0 Å². The highest BCUT2D eigenvalue weighted by Gasteiger charge is 2.43. The first kappa shape index (κ1) is 23.8. The zero-order valence-corrected chi connectivity index (χ0v) is 19.3. The van der Waals surface area contributed by atoms with E-state index in [1.807, 2.05) is 12.1 Å². The predicted octanol–water partition coefficient (Wildman–Crippen LogP) is 5.14. The molecule has 34 heavy (non-hydrogen) atoms.